The number of hydrogen-bond acceptors (Lipinski definition) is 4. The molecule has 0 aliphatic heterocycles. The summed E-state index contributed by atoms with van der Waals surface area (Å²) in [5.74, 6) is -1.39. The van der Waals surface area contributed by atoms with Gasteiger partial charge >= 0.3 is 5.97 Å². The van der Waals surface area contributed by atoms with Crippen LogP contribution in [0.15, 0.2) is 18.5 Å². The Morgan fingerprint density at radius 1 is 1.36 bits per heavy atom. The minimum absolute atomic E-state index is 0.0397. The van der Waals surface area contributed by atoms with Crippen molar-refractivity contribution in [3.05, 3.63) is 24.3 Å². The molecule has 14 heavy (non-hydrogen) atoms. The second-order valence-corrected chi connectivity index (χ2v) is 2.47. The molecule has 0 atom stereocenters. The van der Waals surface area contributed by atoms with E-state index < -0.39 is 11.9 Å². The van der Waals surface area contributed by atoms with Crippen molar-refractivity contribution < 1.29 is 14.7 Å². The number of hydrogen-bond donors (Lipinski definition) is 2. The molecule has 0 aromatic carbocycles. The fourth-order valence-electron chi connectivity index (χ4n) is 0.778. The molecular weight excluding hydrogens is 186 g/mol. The Morgan fingerprint density at radius 2 is 2.00 bits per heavy atom. The van der Waals surface area contributed by atoms with E-state index in [0.717, 1.165) is 0 Å². The van der Waals surface area contributed by atoms with Crippen LogP contribution in [0, 0.1) is 0 Å². The van der Waals surface area contributed by atoms with Crippen LogP contribution in [0.4, 0.5) is 0 Å². The number of carbonyl (C=O) groups is 2. The minimum atomic E-state index is -0.959. The van der Waals surface area contributed by atoms with Crippen molar-refractivity contribution >= 4 is 11.9 Å². The van der Waals surface area contributed by atoms with E-state index in [2.05, 4.69) is 15.3 Å². The Kier molecular flexibility index (Phi) is 3.54. The normalized spacial score (nSPS) is 9.43. The first-order valence-corrected chi connectivity index (χ1v) is 3.97. The molecule has 1 aromatic heterocycles. The van der Waals surface area contributed by atoms with Crippen LogP contribution in [-0.4, -0.2) is 33.5 Å². The number of nitrogens with zero attached hydrogens (tertiary/aromatic N) is 2. The largest absolute Gasteiger partial charge is 0.481 e. The van der Waals surface area contributed by atoms with E-state index in [-0.39, 0.29) is 18.8 Å². The van der Waals surface area contributed by atoms with Crippen molar-refractivity contribution in [1.29, 1.82) is 0 Å². The molecule has 1 heterocycles. The van der Waals surface area contributed by atoms with Gasteiger partial charge < -0.3 is 10.4 Å². The molecule has 6 heteroatoms. The molecule has 0 spiro atoms. The highest BCUT2D eigenvalue weighted by molar-refractivity contribution is 5.90. The lowest BCUT2D eigenvalue weighted by atomic mass is 10.4. The number of rotatable bonds is 4. The Labute approximate surface area is 80.0 Å². The molecule has 1 amide bonds. The van der Waals surface area contributed by atoms with Gasteiger partial charge in [0.1, 0.15) is 0 Å². The van der Waals surface area contributed by atoms with Crippen molar-refractivity contribution in [2.24, 2.45) is 0 Å². The molecule has 2 N–H and O–H groups in total. The third kappa shape index (κ3) is 3.18. The average Bonchev–Trinajstić information content (AvgIpc) is 2.18. The minimum Gasteiger partial charge on any atom is -0.481 e. The van der Waals surface area contributed by atoms with Crippen LogP contribution in [0.25, 0.3) is 0 Å². The Balaban J connectivity index is 2.40. The number of nitrogens with one attached hydrogen (secondary N) is 1. The second-order valence-electron chi connectivity index (χ2n) is 2.47. The summed E-state index contributed by atoms with van der Waals surface area (Å²) in [6.07, 6.45) is 2.77. The van der Waals surface area contributed by atoms with Gasteiger partial charge in [0.05, 0.1) is 6.42 Å². The van der Waals surface area contributed by atoms with Crippen molar-refractivity contribution in [2.75, 3.05) is 6.54 Å². The van der Waals surface area contributed by atoms with Crippen LogP contribution in [-0.2, 0) is 4.79 Å². The molecule has 0 saturated carbocycles. The fraction of sp³-hybridized carbons (Fsp3) is 0.250. The zero-order valence-electron chi connectivity index (χ0n) is 7.30. The van der Waals surface area contributed by atoms with Gasteiger partial charge in [-0.3, -0.25) is 9.59 Å². The number of carboxylic acids is 1. The quantitative estimate of drug-likeness (QED) is 0.687. The predicted molar refractivity (Wildman–Crippen MR) is 46.6 cm³/mol. The monoisotopic (exact) mass is 195 g/mol. The lowest BCUT2D eigenvalue weighted by molar-refractivity contribution is -0.136. The molecular formula is C8H9N3O3. The maximum atomic E-state index is 11.2. The van der Waals surface area contributed by atoms with Gasteiger partial charge in [-0.1, -0.05) is 0 Å². The molecule has 0 fully saturated rings. The summed E-state index contributed by atoms with van der Waals surface area (Å²) < 4.78 is 0. The molecule has 1 rings (SSSR count). The number of aromatic nitrogens is 2. The molecule has 6 nitrogen and oxygen atoms in total. The third-order valence-corrected chi connectivity index (χ3v) is 1.39. The molecule has 74 valence electrons. The third-order valence-electron chi connectivity index (χ3n) is 1.39. The molecule has 0 aliphatic carbocycles. The van der Waals surface area contributed by atoms with E-state index in [1.165, 1.54) is 12.4 Å². The van der Waals surface area contributed by atoms with E-state index in [1.807, 2.05) is 0 Å². The van der Waals surface area contributed by atoms with Gasteiger partial charge in [0.2, 0.25) is 5.82 Å². The van der Waals surface area contributed by atoms with Crippen molar-refractivity contribution in [2.45, 2.75) is 6.42 Å². The maximum absolute atomic E-state index is 11.2. The molecule has 0 saturated heterocycles. The first-order chi connectivity index (χ1) is 6.70. The molecule has 1 aromatic rings. The van der Waals surface area contributed by atoms with Gasteiger partial charge in [-0.25, -0.2) is 9.97 Å². The van der Waals surface area contributed by atoms with E-state index in [9.17, 15) is 9.59 Å². The van der Waals surface area contributed by atoms with Gasteiger partial charge in [0.15, 0.2) is 0 Å². The van der Waals surface area contributed by atoms with Crippen molar-refractivity contribution in [3.63, 3.8) is 0 Å². The predicted octanol–water partition coefficient (Wildman–Crippen LogP) is -0.319. The fourth-order valence-corrected chi connectivity index (χ4v) is 0.778. The highest BCUT2D eigenvalue weighted by atomic mass is 16.4. The zero-order valence-corrected chi connectivity index (χ0v) is 7.30. The lowest BCUT2D eigenvalue weighted by Crippen LogP contribution is -2.27. The zero-order chi connectivity index (χ0) is 10.4. The molecule has 0 aliphatic rings. The summed E-state index contributed by atoms with van der Waals surface area (Å²) in [4.78, 5) is 28.7. The molecule has 0 bridgehead atoms. The summed E-state index contributed by atoms with van der Waals surface area (Å²) in [5.41, 5.74) is 0. The van der Waals surface area contributed by atoms with Gasteiger partial charge in [-0.2, -0.15) is 0 Å². The summed E-state index contributed by atoms with van der Waals surface area (Å²) >= 11 is 0. The van der Waals surface area contributed by atoms with Crippen molar-refractivity contribution in [3.8, 4) is 0 Å². The summed E-state index contributed by atoms with van der Waals surface area (Å²) in [6, 6.07) is 1.59. The Hall–Kier alpha value is -1.98. The van der Waals surface area contributed by atoms with Crippen LogP contribution in [0.3, 0.4) is 0 Å². The van der Waals surface area contributed by atoms with E-state index in [4.69, 9.17) is 5.11 Å². The Morgan fingerprint density at radius 3 is 2.57 bits per heavy atom. The average molecular weight is 195 g/mol. The van der Waals surface area contributed by atoms with Gasteiger partial charge in [-0.15, -0.1) is 0 Å². The molecule has 0 radical (unpaired) electrons. The van der Waals surface area contributed by atoms with Crippen LogP contribution >= 0.6 is 0 Å². The Bertz CT molecular complexity index is 326. The van der Waals surface area contributed by atoms with Crippen LogP contribution in [0.1, 0.15) is 17.0 Å². The lowest BCUT2D eigenvalue weighted by Gasteiger charge is -2.00. The van der Waals surface area contributed by atoms with Crippen LogP contribution in [0.5, 0.6) is 0 Å². The SMILES string of the molecule is O=C(O)CCNC(=O)c1ncccn1. The van der Waals surface area contributed by atoms with Gasteiger partial charge in [0, 0.05) is 18.9 Å². The first-order valence-electron chi connectivity index (χ1n) is 3.97. The van der Waals surface area contributed by atoms with Crippen LogP contribution < -0.4 is 5.32 Å². The first kappa shape index (κ1) is 10.1. The maximum Gasteiger partial charge on any atom is 0.305 e. The summed E-state index contributed by atoms with van der Waals surface area (Å²) in [5, 5.41) is 10.7. The molecule has 0 unspecified atom stereocenters. The number of carboxylic acid groups (broad SMARTS) is 1. The smallest absolute Gasteiger partial charge is 0.305 e. The van der Waals surface area contributed by atoms with Gasteiger partial charge in [0.25, 0.3) is 5.91 Å². The van der Waals surface area contributed by atoms with E-state index in [0.29, 0.717) is 0 Å². The summed E-state index contributed by atoms with van der Waals surface area (Å²) in [6.45, 7) is 0.0758. The topological polar surface area (TPSA) is 92.2 Å². The highest BCUT2D eigenvalue weighted by Crippen LogP contribution is 1.87. The highest BCUT2D eigenvalue weighted by Gasteiger charge is 2.07. The second kappa shape index (κ2) is 4.90. The van der Waals surface area contributed by atoms with E-state index >= 15 is 0 Å². The number of carbonyl (C=O) groups excluding carboxylic acids is 1. The summed E-state index contributed by atoms with van der Waals surface area (Å²) in [7, 11) is 0. The number of amides is 1. The standard InChI is InChI=1S/C8H9N3O3/c12-6(13)2-5-11-8(14)7-9-3-1-4-10-7/h1,3-4H,2,5H2,(H,11,14)(H,12,13). The van der Waals surface area contributed by atoms with Crippen LogP contribution in [0.2, 0.25) is 0 Å². The van der Waals surface area contributed by atoms with Crippen molar-refractivity contribution in [1.82, 2.24) is 15.3 Å². The van der Waals surface area contributed by atoms with Gasteiger partial charge in [-0.05, 0) is 6.07 Å². The number of aliphatic carboxylic acids is 1. The van der Waals surface area contributed by atoms with E-state index in [1.54, 1.807) is 6.07 Å².